The van der Waals surface area contributed by atoms with Crippen molar-refractivity contribution in [1.29, 1.82) is 0 Å². The summed E-state index contributed by atoms with van der Waals surface area (Å²) in [5, 5.41) is 23.4. The van der Waals surface area contributed by atoms with Crippen molar-refractivity contribution in [3.05, 3.63) is 0 Å². The van der Waals surface area contributed by atoms with Gasteiger partial charge in [0.1, 0.15) is 11.9 Å². The molecule has 0 aliphatic heterocycles. The van der Waals surface area contributed by atoms with Crippen molar-refractivity contribution < 1.29 is 72.0 Å². The molecule has 1 unspecified atom stereocenters. The lowest BCUT2D eigenvalue weighted by molar-refractivity contribution is -0.365. The average Bonchev–Trinajstić information content (AvgIpc) is 3.33. The Bertz CT molecular complexity index is 1230. The number of quaternary nitrogens is 2. The van der Waals surface area contributed by atoms with E-state index in [1.807, 2.05) is 0 Å². The summed E-state index contributed by atoms with van der Waals surface area (Å²) in [5.74, 6) is -4.71. The van der Waals surface area contributed by atoms with Crippen molar-refractivity contribution >= 4 is 41.4 Å². The number of nitrogens with zero attached hydrogens (tertiary/aromatic N) is 1. The summed E-state index contributed by atoms with van der Waals surface area (Å²) in [7, 11) is 0. The zero-order chi connectivity index (χ0) is 54.6. The van der Waals surface area contributed by atoms with E-state index < -0.39 is 24.3 Å². The zero-order valence-electron chi connectivity index (χ0n) is 44.9. The highest BCUT2D eigenvalue weighted by Crippen LogP contribution is 2.19. The van der Waals surface area contributed by atoms with Gasteiger partial charge < -0.3 is 46.8 Å². The molecule has 0 spiro atoms. The van der Waals surface area contributed by atoms with E-state index in [0.29, 0.717) is 56.9 Å². The number of hydrogen-bond donors (Lipinski definition) is 4. The quantitative estimate of drug-likeness (QED) is 0.0340. The van der Waals surface area contributed by atoms with Gasteiger partial charge in [-0.3, -0.25) is 14.4 Å². The lowest BCUT2D eigenvalue weighted by Gasteiger charge is -2.23. The number of amides is 3. The van der Waals surface area contributed by atoms with Gasteiger partial charge in [-0.2, -0.15) is 38.1 Å². The van der Waals surface area contributed by atoms with Crippen LogP contribution in [-0.4, -0.2) is 97.7 Å². The first-order valence-electron chi connectivity index (χ1n) is 27.9. The van der Waals surface area contributed by atoms with Crippen LogP contribution in [-0.2, 0) is 24.0 Å². The number of alkyl halides is 6. The summed E-state index contributed by atoms with van der Waals surface area (Å²) < 4.78 is 63.1. The molecule has 0 fully saturated rings. The van der Waals surface area contributed by atoms with Gasteiger partial charge in [0.15, 0.2) is 0 Å². The minimum Gasteiger partial charge on any atom is -0.542 e. The molecule has 12 nitrogen and oxygen atoms in total. The molecule has 0 heterocycles. The fraction of sp³-hybridized carbons (Fsp3) is 0.906. The van der Waals surface area contributed by atoms with Crippen LogP contribution in [0.25, 0.3) is 0 Å². The van der Waals surface area contributed by atoms with Crippen LogP contribution in [0.3, 0.4) is 0 Å². The molecule has 72 heavy (non-hydrogen) atoms. The molecule has 3 amide bonds. The Morgan fingerprint density at radius 3 is 1.07 bits per heavy atom. The van der Waals surface area contributed by atoms with E-state index in [0.717, 1.165) is 25.9 Å². The second-order valence-electron chi connectivity index (χ2n) is 19.0. The minimum absolute atomic E-state index is 0.0129. The fourth-order valence-electron chi connectivity index (χ4n) is 7.87. The maximum absolute atomic E-state index is 13.5. The molecule has 0 radical (unpaired) electrons. The summed E-state index contributed by atoms with van der Waals surface area (Å²) in [4.78, 5) is 58.3. The number of carbonyl (C=O) groups excluding carboxylic acids is 5. The highest BCUT2D eigenvalue weighted by molar-refractivity contribution is 7.99. The van der Waals surface area contributed by atoms with Gasteiger partial charge in [0.25, 0.3) is 0 Å². The summed E-state index contributed by atoms with van der Waals surface area (Å²) in [6, 6.07) is 0. The number of nitrogens with one attached hydrogen (secondary N) is 2. The molecule has 0 saturated carbocycles. The first-order chi connectivity index (χ1) is 34.4. The number of carboxylic acids is 2. The van der Waals surface area contributed by atoms with Crippen molar-refractivity contribution in [3.63, 3.8) is 0 Å². The number of unbranched alkanes of at least 4 members (excludes halogenated alkanes) is 30. The van der Waals surface area contributed by atoms with Crippen molar-refractivity contribution in [2.24, 2.45) is 5.92 Å². The Kier molecular flexibility index (Phi) is 54.1. The van der Waals surface area contributed by atoms with Crippen molar-refractivity contribution in [2.75, 3.05) is 50.8 Å². The summed E-state index contributed by atoms with van der Waals surface area (Å²) in [6.45, 7) is 8.72. The Balaban J connectivity index is -0.00000294. The maximum Gasteiger partial charge on any atom is 0.430 e. The van der Waals surface area contributed by atoms with E-state index in [9.17, 15) is 40.7 Å². The predicted molar refractivity (Wildman–Crippen MR) is 274 cm³/mol. The molecule has 0 aromatic carbocycles. The van der Waals surface area contributed by atoms with Gasteiger partial charge >= 0.3 is 12.4 Å². The van der Waals surface area contributed by atoms with Crippen LogP contribution in [0.4, 0.5) is 26.3 Å². The van der Waals surface area contributed by atoms with Gasteiger partial charge in [0, 0.05) is 43.4 Å². The number of carbonyl (C=O) groups is 5. The second kappa shape index (κ2) is 53.0. The molecule has 8 N–H and O–H groups in total. The standard InChI is InChI=1S/C49H99N5O3S.2C2HF3O2/c1-3-5-7-9-11-13-15-17-19-21-23-25-27-29-31-33-42-54(43-34-32-30-28-26-24-22-20-18-16-14-12-10-8-6-4-2)48(56)37-44-58-45-46(49(57)53-41-39-51)35-36-47(55)52-40-38-50;2*3-2(4,5)1(6)7/h46H,3-45,50-51H2,1-2H3,(H,52,55)(H,53,57);2*(H,6,7). The highest BCUT2D eigenvalue weighted by atomic mass is 32.2. The van der Waals surface area contributed by atoms with Crippen LogP contribution in [0, 0.1) is 5.92 Å². The first-order valence-corrected chi connectivity index (χ1v) is 29.1. The molecule has 0 aliphatic rings. The van der Waals surface area contributed by atoms with Crippen LogP contribution < -0.4 is 32.3 Å². The maximum atomic E-state index is 13.5. The molecule has 428 valence electrons. The third-order valence-electron chi connectivity index (χ3n) is 12.2. The number of aliphatic carboxylic acids is 2. The average molecular weight is 1070 g/mol. The monoisotopic (exact) mass is 1070 g/mol. The SMILES string of the molecule is CCCCCCCCCCCCCCCCCCN(CCCCCCCCCCCCCCCCCC)C(=O)CCSCC(CCC(=O)NCC[NH3+])C(=O)NCC[NH3+].O=C([O-])C(F)(F)F.O=C([O-])C(F)(F)F. The van der Waals surface area contributed by atoms with Gasteiger partial charge in [-0.25, -0.2) is 0 Å². The third kappa shape index (κ3) is 55.0. The first kappa shape index (κ1) is 73.4. The summed E-state index contributed by atoms with van der Waals surface area (Å²) >= 11 is 1.67. The molecule has 0 rings (SSSR count). The molecule has 19 heteroatoms. The number of halogens is 6. The van der Waals surface area contributed by atoms with E-state index >= 15 is 0 Å². The molecule has 0 saturated heterocycles. The number of rotatable bonds is 47. The van der Waals surface area contributed by atoms with Gasteiger partial charge in [0.2, 0.25) is 17.7 Å². The van der Waals surface area contributed by atoms with Gasteiger partial charge in [-0.1, -0.05) is 206 Å². The molecule has 0 bridgehead atoms. The van der Waals surface area contributed by atoms with E-state index in [2.05, 4.69) is 40.8 Å². The van der Waals surface area contributed by atoms with E-state index in [4.69, 9.17) is 19.8 Å². The van der Waals surface area contributed by atoms with E-state index in [1.165, 1.54) is 193 Å². The molecular formula is C53H101F6N5O7S. The second-order valence-corrected chi connectivity index (χ2v) is 20.1. The zero-order valence-corrected chi connectivity index (χ0v) is 45.7. The van der Waals surface area contributed by atoms with Crippen molar-refractivity contribution in [3.8, 4) is 0 Å². The molecule has 0 aromatic heterocycles. The summed E-state index contributed by atoms with van der Waals surface area (Å²) in [5.41, 5.74) is 7.61. The Hall–Kier alpha value is -2.80. The molecule has 0 aromatic rings. The largest absolute Gasteiger partial charge is 0.542 e. The van der Waals surface area contributed by atoms with E-state index in [1.54, 1.807) is 11.8 Å². The van der Waals surface area contributed by atoms with E-state index in [-0.39, 0.29) is 23.6 Å². The molecular weight excluding hydrogens is 965 g/mol. The fourth-order valence-corrected chi connectivity index (χ4v) is 8.96. The smallest absolute Gasteiger partial charge is 0.430 e. The van der Waals surface area contributed by atoms with Crippen LogP contribution in [0.5, 0.6) is 0 Å². The van der Waals surface area contributed by atoms with Crippen LogP contribution >= 0.6 is 11.8 Å². The Morgan fingerprint density at radius 2 is 0.778 bits per heavy atom. The highest BCUT2D eigenvalue weighted by Gasteiger charge is 2.29. The molecule has 0 aliphatic carbocycles. The Labute approximate surface area is 435 Å². The topological polar surface area (TPSA) is 214 Å². The minimum atomic E-state index is -5.19. The van der Waals surface area contributed by atoms with Gasteiger partial charge in [-0.15, -0.1) is 0 Å². The van der Waals surface area contributed by atoms with Gasteiger partial charge in [0.05, 0.1) is 26.2 Å². The predicted octanol–water partition coefficient (Wildman–Crippen LogP) is 9.17. The number of thioether (sulfide) groups is 1. The lowest BCUT2D eigenvalue weighted by atomic mass is 10.0. The number of carboxylic acid groups (broad SMARTS) is 2. The van der Waals surface area contributed by atoms with Crippen molar-refractivity contribution in [2.45, 2.75) is 251 Å². The van der Waals surface area contributed by atoms with Crippen molar-refractivity contribution in [1.82, 2.24) is 15.5 Å². The third-order valence-corrected chi connectivity index (χ3v) is 13.4. The van der Waals surface area contributed by atoms with Crippen LogP contribution in [0.15, 0.2) is 0 Å². The normalized spacial score (nSPS) is 11.8. The number of hydrogen-bond acceptors (Lipinski definition) is 8. The van der Waals surface area contributed by atoms with Crippen LogP contribution in [0.2, 0.25) is 0 Å². The Morgan fingerprint density at radius 1 is 0.486 bits per heavy atom. The summed E-state index contributed by atoms with van der Waals surface area (Å²) in [6.07, 6.45) is 34.4. The molecule has 1 atom stereocenters. The van der Waals surface area contributed by atoms with Gasteiger partial charge in [-0.05, 0) is 19.3 Å². The van der Waals surface area contributed by atoms with Crippen LogP contribution in [0.1, 0.15) is 239 Å². The lowest BCUT2D eigenvalue weighted by Crippen LogP contribution is -2.55.